The molecule has 104 valence electrons. The van der Waals surface area contributed by atoms with Crippen molar-refractivity contribution in [2.45, 2.75) is 26.3 Å². The highest BCUT2D eigenvalue weighted by Crippen LogP contribution is 2.26. The van der Waals surface area contributed by atoms with Crippen LogP contribution in [0.3, 0.4) is 0 Å². The van der Waals surface area contributed by atoms with Crippen molar-refractivity contribution in [3.05, 3.63) is 27.9 Å². The number of aromatic amines is 1. The van der Waals surface area contributed by atoms with Gasteiger partial charge in [-0.05, 0) is 12.3 Å². The zero-order valence-corrected chi connectivity index (χ0v) is 11.7. The van der Waals surface area contributed by atoms with Gasteiger partial charge in [0.1, 0.15) is 5.82 Å². The van der Waals surface area contributed by atoms with E-state index in [1.165, 1.54) is 0 Å². The molecule has 1 aromatic heterocycles. The number of aromatic nitrogens is 2. The summed E-state index contributed by atoms with van der Waals surface area (Å²) in [6.45, 7) is 9.76. The van der Waals surface area contributed by atoms with E-state index in [0.29, 0.717) is 5.92 Å². The molecule has 1 unspecified atom stereocenters. The predicted molar refractivity (Wildman–Crippen MR) is 74.2 cm³/mol. The van der Waals surface area contributed by atoms with Crippen LogP contribution >= 0.6 is 0 Å². The number of hydrogen-bond donors (Lipinski definition) is 1. The molecule has 1 aromatic rings. The lowest BCUT2D eigenvalue weighted by Crippen LogP contribution is -2.57. The number of hydrogen-bond acceptors (Lipinski definition) is 4. The lowest BCUT2D eigenvalue weighted by molar-refractivity contribution is 0.00845. The van der Waals surface area contributed by atoms with Gasteiger partial charge >= 0.3 is 0 Å². The van der Waals surface area contributed by atoms with Crippen molar-refractivity contribution in [3.63, 3.8) is 0 Å². The summed E-state index contributed by atoms with van der Waals surface area (Å²) in [6, 6.07) is 1.91. The Balaban J connectivity index is 1.88. The van der Waals surface area contributed by atoms with E-state index in [4.69, 9.17) is 4.98 Å². The number of H-pyrrole nitrogens is 1. The molecule has 0 amide bonds. The number of fused-ring (bicyclic) bond motifs is 3. The highest BCUT2D eigenvalue weighted by Gasteiger charge is 2.34. The molecular weight excluding hydrogens is 240 g/mol. The van der Waals surface area contributed by atoms with E-state index in [-0.39, 0.29) is 11.6 Å². The van der Waals surface area contributed by atoms with E-state index < -0.39 is 0 Å². The van der Waals surface area contributed by atoms with Crippen LogP contribution in [0.2, 0.25) is 0 Å². The molecule has 4 rings (SSSR count). The molecule has 0 aliphatic carbocycles. The monoisotopic (exact) mass is 262 g/mol. The summed E-state index contributed by atoms with van der Waals surface area (Å²) in [4.78, 5) is 24.3. The van der Waals surface area contributed by atoms with E-state index in [1.54, 1.807) is 6.07 Å². The molecule has 2 bridgehead atoms. The Morgan fingerprint density at radius 2 is 2.11 bits per heavy atom. The minimum absolute atomic E-state index is 0.0155. The van der Waals surface area contributed by atoms with Gasteiger partial charge in [0.2, 0.25) is 0 Å². The zero-order chi connectivity index (χ0) is 13.4. The van der Waals surface area contributed by atoms with Crippen molar-refractivity contribution in [1.82, 2.24) is 19.8 Å². The topological polar surface area (TPSA) is 52.2 Å². The van der Waals surface area contributed by atoms with Crippen molar-refractivity contribution in [2.24, 2.45) is 5.92 Å². The van der Waals surface area contributed by atoms with Crippen LogP contribution in [0.25, 0.3) is 0 Å². The molecule has 0 saturated carbocycles. The Morgan fingerprint density at radius 3 is 2.68 bits per heavy atom. The first kappa shape index (κ1) is 12.8. The molecule has 0 spiro atoms. The summed E-state index contributed by atoms with van der Waals surface area (Å²) >= 11 is 0. The number of nitrogens with one attached hydrogen (secondary N) is 1. The molecule has 4 heterocycles. The van der Waals surface area contributed by atoms with Gasteiger partial charge in [0.15, 0.2) is 0 Å². The number of piperazine rings is 3. The molecule has 0 radical (unpaired) electrons. The molecular formula is C14H22N4O. The van der Waals surface area contributed by atoms with Gasteiger partial charge in [-0.1, -0.05) is 13.8 Å². The number of rotatable bonds is 3. The van der Waals surface area contributed by atoms with Gasteiger partial charge < -0.3 is 4.98 Å². The smallest absolute Gasteiger partial charge is 0.251 e. The van der Waals surface area contributed by atoms with E-state index in [2.05, 4.69) is 28.6 Å². The van der Waals surface area contributed by atoms with Crippen LogP contribution in [0.4, 0.5) is 0 Å². The third-order valence-corrected chi connectivity index (χ3v) is 4.02. The van der Waals surface area contributed by atoms with Crippen molar-refractivity contribution in [1.29, 1.82) is 0 Å². The molecule has 1 N–H and O–H groups in total. The lowest BCUT2D eigenvalue weighted by atomic mass is 10.1. The third-order valence-electron chi connectivity index (χ3n) is 4.02. The molecule has 5 heteroatoms. The Hall–Kier alpha value is -1.20. The van der Waals surface area contributed by atoms with Crippen LogP contribution in [-0.2, 0) is 6.42 Å². The lowest BCUT2D eigenvalue weighted by Gasteiger charge is -2.46. The Kier molecular flexibility index (Phi) is 3.41. The van der Waals surface area contributed by atoms with Gasteiger partial charge in [0.05, 0.1) is 6.04 Å². The van der Waals surface area contributed by atoms with Gasteiger partial charge in [-0.15, -0.1) is 0 Å². The average molecular weight is 262 g/mol. The summed E-state index contributed by atoms with van der Waals surface area (Å²) in [5.74, 6) is 1.38. The average Bonchev–Trinajstić information content (AvgIpc) is 2.38. The molecule has 3 saturated heterocycles. The fourth-order valence-electron chi connectivity index (χ4n) is 3.09. The predicted octanol–water partition coefficient (Wildman–Crippen LogP) is 0.641. The molecule has 19 heavy (non-hydrogen) atoms. The van der Waals surface area contributed by atoms with Crippen molar-refractivity contribution >= 4 is 0 Å². The first-order valence-corrected chi connectivity index (χ1v) is 7.18. The first-order chi connectivity index (χ1) is 9.11. The van der Waals surface area contributed by atoms with E-state index >= 15 is 0 Å². The minimum Gasteiger partial charge on any atom is -0.309 e. The Morgan fingerprint density at radius 1 is 1.37 bits per heavy atom. The maximum Gasteiger partial charge on any atom is 0.251 e. The number of nitrogens with zero attached hydrogens (tertiary/aromatic N) is 3. The van der Waals surface area contributed by atoms with Crippen molar-refractivity contribution in [3.8, 4) is 0 Å². The van der Waals surface area contributed by atoms with Crippen LogP contribution in [0.5, 0.6) is 0 Å². The van der Waals surface area contributed by atoms with E-state index in [9.17, 15) is 4.79 Å². The highest BCUT2D eigenvalue weighted by molar-refractivity contribution is 5.09. The van der Waals surface area contributed by atoms with Gasteiger partial charge in [0, 0.05) is 44.5 Å². The van der Waals surface area contributed by atoms with E-state index in [1.807, 2.05) is 0 Å². The van der Waals surface area contributed by atoms with Gasteiger partial charge in [-0.2, -0.15) is 0 Å². The van der Waals surface area contributed by atoms with Crippen LogP contribution in [-0.4, -0.2) is 52.5 Å². The zero-order valence-electron chi connectivity index (χ0n) is 11.7. The normalized spacial score (nSPS) is 29.9. The van der Waals surface area contributed by atoms with Crippen molar-refractivity contribution in [2.75, 3.05) is 32.7 Å². The second-order valence-electron chi connectivity index (χ2n) is 6.07. The van der Waals surface area contributed by atoms with Gasteiger partial charge in [0.25, 0.3) is 5.56 Å². The SMILES string of the molecule is CC(C)Cc1cc(=O)[nH]c(C2CN3CCN2CC3)n1. The summed E-state index contributed by atoms with van der Waals surface area (Å²) < 4.78 is 0. The maximum atomic E-state index is 11.8. The first-order valence-electron chi connectivity index (χ1n) is 7.18. The van der Waals surface area contributed by atoms with Crippen LogP contribution in [0.15, 0.2) is 10.9 Å². The molecule has 3 aliphatic heterocycles. The minimum atomic E-state index is -0.0155. The second-order valence-corrected chi connectivity index (χ2v) is 6.07. The standard InChI is InChI=1S/C14H22N4O/c1-10(2)7-11-8-13(19)16-14(15-11)12-9-17-3-5-18(12)6-4-17/h8,10,12H,3-7,9H2,1-2H3,(H,15,16,19). The fourth-order valence-corrected chi connectivity index (χ4v) is 3.09. The summed E-state index contributed by atoms with van der Waals surface area (Å²) in [5.41, 5.74) is 0.907. The Bertz CT molecular complexity index is 502. The molecule has 3 fully saturated rings. The largest absolute Gasteiger partial charge is 0.309 e. The van der Waals surface area contributed by atoms with Crippen molar-refractivity contribution < 1.29 is 0 Å². The molecule has 1 atom stereocenters. The molecule has 0 aromatic carbocycles. The second kappa shape index (κ2) is 5.06. The molecule has 5 nitrogen and oxygen atoms in total. The maximum absolute atomic E-state index is 11.8. The Labute approximate surface area is 113 Å². The van der Waals surface area contributed by atoms with Gasteiger partial charge in [-0.25, -0.2) is 4.98 Å². The third kappa shape index (κ3) is 2.72. The van der Waals surface area contributed by atoms with Crippen LogP contribution < -0.4 is 5.56 Å². The summed E-state index contributed by atoms with van der Waals surface area (Å²) in [6.07, 6.45) is 0.868. The highest BCUT2D eigenvalue weighted by atomic mass is 16.1. The van der Waals surface area contributed by atoms with Gasteiger partial charge in [-0.3, -0.25) is 14.6 Å². The summed E-state index contributed by atoms with van der Waals surface area (Å²) in [5, 5.41) is 0. The fraction of sp³-hybridized carbons (Fsp3) is 0.714. The quantitative estimate of drug-likeness (QED) is 0.868. The van der Waals surface area contributed by atoms with Crippen LogP contribution in [0.1, 0.15) is 31.4 Å². The van der Waals surface area contributed by atoms with E-state index in [0.717, 1.165) is 50.7 Å². The summed E-state index contributed by atoms with van der Waals surface area (Å²) in [7, 11) is 0. The van der Waals surface area contributed by atoms with Crippen LogP contribution in [0, 0.1) is 5.92 Å². The molecule has 3 aliphatic rings.